The van der Waals surface area contributed by atoms with Crippen LogP contribution in [0.5, 0.6) is 5.88 Å². The van der Waals surface area contributed by atoms with Gasteiger partial charge in [-0.3, -0.25) is 0 Å². The number of ether oxygens (including phenoxy) is 1. The lowest BCUT2D eigenvalue weighted by Gasteiger charge is -2.13. The van der Waals surface area contributed by atoms with E-state index in [1.54, 1.807) is 0 Å². The van der Waals surface area contributed by atoms with E-state index in [4.69, 9.17) is 9.84 Å². The maximum absolute atomic E-state index is 8.77. The molecule has 0 spiro atoms. The average molecular weight is 210 g/mol. The van der Waals surface area contributed by atoms with Crippen LogP contribution in [-0.2, 0) is 0 Å². The summed E-state index contributed by atoms with van der Waals surface area (Å²) in [5.74, 6) is 1.40. The number of hydrogen-bond acceptors (Lipinski definition) is 4. The molecule has 0 fully saturated rings. The molecule has 0 radical (unpaired) electrons. The molecule has 2 N–H and O–H groups in total. The summed E-state index contributed by atoms with van der Waals surface area (Å²) in [7, 11) is 0. The Balaban J connectivity index is 2.56. The van der Waals surface area contributed by atoms with Gasteiger partial charge in [-0.15, -0.1) is 0 Å². The van der Waals surface area contributed by atoms with Gasteiger partial charge >= 0.3 is 0 Å². The minimum absolute atomic E-state index is 0.180. The fraction of sp³-hybridized carbons (Fsp3) is 0.545. The molecular weight excluding hydrogens is 192 g/mol. The van der Waals surface area contributed by atoms with Gasteiger partial charge in [0.15, 0.2) is 0 Å². The van der Waals surface area contributed by atoms with Crippen LogP contribution < -0.4 is 10.1 Å². The first kappa shape index (κ1) is 11.8. The molecule has 0 aliphatic rings. The summed E-state index contributed by atoms with van der Waals surface area (Å²) in [6.07, 6.45) is 0.709. The van der Waals surface area contributed by atoms with Gasteiger partial charge in [0.05, 0.1) is 6.61 Å². The average Bonchev–Trinajstić information content (AvgIpc) is 2.19. The number of anilines is 1. The summed E-state index contributed by atoms with van der Waals surface area (Å²) in [5, 5.41) is 12.0. The van der Waals surface area contributed by atoms with E-state index in [2.05, 4.69) is 10.3 Å². The molecule has 0 bridgehead atoms. The molecule has 0 saturated heterocycles. The van der Waals surface area contributed by atoms with Crippen molar-refractivity contribution in [1.29, 1.82) is 0 Å². The largest absolute Gasteiger partial charge is 0.478 e. The second kappa shape index (κ2) is 6.24. The van der Waals surface area contributed by atoms with Gasteiger partial charge in [-0.25, -0.2) is 0 Å². The van der Waals surface area contributed by atoms with E-state index < -0.39 is 0 Å². The zero-order valence-corrected chi connectivity index (χ0v) is 9.23. The van der Waals surface area contributed by atoms with E-state index in [0.29, 0.717) is 18.9 Å². The van der Waals surface area contributed by atoms with E-state index >= 15 is 0 Å². The number of hydrogen-bond donors (Lipinski definition) is 2. The van der Waals surface area contributed by atoms with E-state index in [1.165, 1.54) is 0 Å². The van der Waals surface area contributed by atoms with Crippen LogP contribution in [0.4, 0.5) is 5.82 Å². The third kappa shape index (κ3) is 4.16. The topological polar surface area (TPSA) is 54.4 Å². The Labute approximate surface area is 90.3 Å². The standard InChI is InChI=1S/C11H18N2O2/c1-3-15-11-6-4-5-10(13-11)12-9(2)7-8-14/h4-6,9,14H,3,7-8H2,1-2H3,(H,12,13). The van der Waals surface area contributed by atoms with Crippen molar-refractivity contribution in [2.45, 2.75) is 26.3 Å². The maximum Gasteiger partial charge on any atom is 0.215 e. The normalized spacial score (nSPS) is 12.2. The first-order chi connectivity index (χ1) is 7.26. The SMILES string of the molecule is CCOc1cccc(NC(C)CCO)n1. The summed E-state index contributed by atoms with van der Waals surface area (Å²) in [5.41, 5.74) is 0. The highest BCUT2D eigenvalue weighted by molar-refractivity contribution is 5.37. The van der Waals surface area contributed by atoms with Crippen LogP contribution in [0.3, 0.4) is 0 Å². The summed E-state index contributed by atoms with van der Waals surface area (Å²) in [6, 6.07) is 5.81. The van der Waals surface area contributed by atoms with Crippen molar-refractivity contribution >= 4 is 5.82 Å². The van der Waals surface area contributed by atoms with E-state index in [-0.39, 0.29) is 12.6 Å². The molecular formula is C11H18N2O2. The quantitative estimate of drug-likeness (QED) is 0.749. The zero-order valence-electron chi connectivity index (χ0n) is 9.23. The Kier molecular flexibility index (Phi) is 4.90. The molecule has 84 valence electrons. The number of nitrogens with zero attached hydrogens (tertiary/aromatic N) is 1. The minimum atomic E-state index is 0.180. The van der Waals surface area contributed by atoms with Crippen molar-refractivity contribution in [3.05, 3.63) is 18.2 Å². The van der Waals surface area contributed by atoms with Crippen LogP contribution in [0.2, 0.25) is 0 Å². The fourth-order valence-corrected chi connectivity index (χ4v) is 1.24. The second-order valence-electron chi connectivity index (χ2n) is 3.35. The molecule has 4 heteroatoms. The summed E-state index contributed by atoms with van der Waals surface area (Å²) in [4.78, 5) is 4.27. The second-order valence-corrected chi connectivity index (χ2v) is 3.35. The molecule has 0 aliphatic heterocycles. The summed E-state index contributed by atoms with van der Waals surface area (Å²) in [6.45, 7) is 4.73. The van der Waals surface area contributed by atoms with Gasteiger partial charge in [0.1, 0.15) is 5.82 Å². The molecule has 0 saturated carbocycles. The van der Waals surface area contributed by atoms with Crippen LogP contribution in [0, 0.1) is 0 Å². The number of aliphatic hydroxyl groups excluding tert-OH is 1. The molecule has 15 heavy (non-hydrogen) atoms. The Morgan fingerprint density at radius 3 is 3.00 bits per heavy atom. The first-order valence-corrected chi connectivity index (χ1v) is 5.23. The maximum atomic E-state index is 8.77. The third-order valence-electron chi connectivity index (χ3n) is 1.97. The molecule has 1 heterocycles. The number of pyridine rings is 1. The molecule has 1 rings (SSSR count). The number of nitrogens with one attached hydrogen (secondary N) is 1. The smallest absolute Gasteiger partial charge is 0.215 e. The highest BCUT2D eigenvalue weighted by atomic mass is 16.5. The van der Waals surface area contributed by atoms with Gasteiger partial charge in [0, 0.05) is 18.7 Å². The van der Waals surface area contributed by atoms with Gasteiger partial charge in [0.2, 0.25) is 5.88 Å². The van der Waals surface area contributed by atoms with Gasteiger partial charge in [-0.2, -0.15) is 4.98 Å². The molecule has 4 nitrogen and oxygen atoms in total. The van der Waals surface area contributed by atoms with Crippen LogP contribution in [0.15, 0.2) is 18.2 Å². The summed E-state index contributed by atoms with van der Waals surface area (Å²) >= 11 is 0. The van der Waals surface area contributed by atoms with Gasteiger partial charge < -0.3 is 15.2 Å². The fourth-order valence-electron chi connectivity index (χ4n) is 1.24. The Hall–Kier alpha value is -1.29. The van der Waals surface area contributed by atoms with Crippen molar-refractivity contribution in [3.63, 3.8) is 0 Å². The van der Waals surface area contributed by atoms with Gasteiger partial charge in [-0.05, 0) is 26.3 Å². The van der Waals surface area contributed by atoms with Crippen molar-refractivity contribution in [2.75, 3.05) is 18.5 Å². The number of aromatic nitrogens is 1. The monoisotopic (exact) mass is 210 g/mol. The molecule has 0 amide bonds. The molecule has 1 atom stereocenters. The van der Waals surface area contributed by atoms with Crippen molar-refractivity contribution < 1.29 is 9.84 Å². The van der Waals surface area contributed by atoms with E-state index in [0.717, 1.165) is 5.82 Å². The highest BCUT2D eigenvalue weighted by Gasteiger charge is 2.02. The number of rotatable bonds is 6. The first-order valence-electron chi connectivity index (χ1n) is 5.23. The number of aliphatic hydroxyl groups is 1. The molecule has 1 unspecified atom stereocenters. The lowest BCUT2D eigenvalue weighted by molar-refractivity contribution is 0.282. The van der Waals surface area contributed by atoms with Crippen molar-refractivity contribution in [1.82, 2.24) is 4.98 Å². The Bertz CT molecular complexity index is 292. The van der Waals surface area contributed by atoms with E-state index in [1.807, 2.05) is 32.0 Å². The third-order valence-corrected chi connectivity index (χ3v) is 1.97. The molecule has 0 aromatic carbocycles. The summed E-state index contributed by atoms with van der Waals surface area (Å²) < 4.78 is 5.29. The minimum Gasteiger partial charge on any atom is -0.478 e. The highest BCUT2D eigenvalue weighted by Crippen LogP contribution is 2.12. The van der Waals surface area contributed by atoms with Crippen LogP contribution in [0.25, 0.3) is 0 Å². The molecule has 1 aromatic rings. The van der Waals surface area contributed by atoms with Crippen LogP contribution >= 0.6 is 0 Å². The Morgan fingerprint density at radius 1 is 1.53 bits per heavy atom. The molecule has 1 aromatic heterocycles. The van der Waals surface area contributed by atoms with Crippen LogP contribution in [-0.4, -0.2) is 29.3 Å². The molecule has 0 aliphatic carbocycles. The van der Waals surface area contributed by atoms with Crippen molar-refractivity contribution in [2.24, 2.45) is 0 Å². The predicted octanol–water partition coefficient (Wildman–Crippen LogP) is 1.66. The lowest BCUT2D eigenvalue weighted by Crippen LogP contribution is -2.17. The van der Waals surface area contributed by atoms with Crippen molar-refractivity contribution in [3.8, 4) is 5.88 Å². The predicted molar refractivity (Wildman–Crippen MR) is 60.2 cm³/mol. The van der Waals surface area contributed by atoms with Crippen LogP contribution in [0.1, 0.15) is 20.3 Å². The van der Waals surface area contributed by atoms with E-state index in [9.17, 15) is 0 Å². The zero-order chi connectivity index (χ0) is 11.1. The Morgan fingerprint density at radius 2 is 2.33 bits per heavy atom. The van der Waals surface area contributed by atoms with Gasteiger partial charge in [0.25, 0.3) is 0 Å². The van der Waals surface area contributed by atoms with Gasteiger partial charge in [-0.1, -0.05) is 6.07 Å². The lowest BCUT2D eigenvalue weighted by atomic mass is 10.2.